The molecule has 0 heterocycles. The van der Waals surface area contributed by atoms with E-state index in [0.717, 1.165) is 17.7 Å². The van der Waals surface area contributed by atoms with Gasteiger partial charge in [-0.15, -0.1) is 0 Å². The largest absolute Gasteiger partial charge is 0.478 e. The third kappa shape index (κ3) is 3.96. The first-order valence-electron chi connectivity index (χ1n) is 4.86. The van der Waals surface area contributed by atoms with Gasteiger partial charge in [0.05, 0.1) is 6.04 Å². The maximum absolute atomic E-state index is 11.3. The molecule has 1 amide bonds. The van der Waals surface area contributed by atoms with Crippen molar-refractivity contribution in [2.75, 3.05) is 0 Å². The average Bonchev–Trinajstić information content (AvgIpc) is 2.27. The lowest BCUT2D eigenvalue weighted by Crippen LogP contribution is -2.24. The van der Waals surface area contributed by atoms with Crippen molar-refractivity contribution in [3.05, 3.63) is 48.0 Å². The monoisotopic (exact) mass is 219 g/mol. The van der Waals surface area contributed by atoms with Crippen LogP contribution in [-0.4, -0.2) is 17.0 Å². The number of nitrogens with one attached hydrogen (secondary N) is 1. The van der Waals surface area contributed by atoms with Crippen LogP contribution in [0, 0.1) is 0 Å². The van der Waals surface area contributed by atoms with E-state index in [1.165, 1.54) is 0 Å². The topological polar surface area (TPSA) is 66.4 Å². The van der Waals surface area contributed by atoms with E-state index in [1.54, 1.807) is 0 Å². The van der Waals surface area contributed by atoms with Crippen LogP contribution < -0.4 is 5.32 Å². The zero-order chi connectivity index (χ0) is 12.0. The SMILES string of the molecule is C[C@H](NC(=O)/C=C\C(=O)O)c1ccccc1. The molecule has 0 saturated heterocycles. The van der Waals surface area contributed by atoms with Crippen LogP contribution in [0.15, 0.2) is 42.5 Å². The number of carbonyl (C=O) groups is 2. The van der Waals surface area contributed by atoms with E-state index in [9.17, 15) is 9.59 Å². The molecule has 1 rings (SSSR count). The highest BCUT2D eigenvalue weighted by atomic mass is 16.4. The van der Waals surface area contributed by atoms with Gasteiger partial charge in [0.25, 0.3) is 0 Å². The highest BCUT2D eigenvalue weighted by Crippen LogP contribution is 2.10. The summed E-state index contributed by atoms with van der Waals surface area (Å²) in [7, 11) is 0. The van der Waals surface area contributed by atoms with Crippen LogP contribution >= 0.6 is 0 Å². The first kappa shape index (κ1) is 12.0. The number of amides is 1. The van der Waals surface area contributed by atoms with E-state index in [1.807, 2.05) is 37.3 Å². The van der Waals surface area contributed by atoms with Crippen molar-refractivity contribution in [1.29, 1.82) is 0 Å². The van der Waals surface area contributed by atoms with Gasteiger partial charge in [-0.25, -0.2) is 4.79 Å². The predicted octanol–water partition coefficient (Wildman–Crippen LogP) is 1.50. The van der Waals surface area contributed by atoms with Crippen LogP contribution in [0.2, 0.25) is 0 Å². The van der Waals surface area contributed by atoms with E-state index >= 15 is 0 Å². The van der Waals surface area contributed by atoms with Gasteiger partial charge in [0.2, 0.25) is 5.91 Å². The Morgan fingerprint density at radius 1 is 1.25 bits per heavy atom. The van der Waals surface area contributed by atoms with Gasteiger partial charge in [-0.05, 0) is 12.5 Å². The Balaban J connectivity index is 2.55. The molecule has 2 N–H and O–H groups in total. The number of benzene rings is 1. The van der Waals surface area contributed by atoms with E-state index in [4.69, 9.17) is 5.11 Å². The fourth-order valence-electron chi connectivity index (χ4n) is 1.23. The van der Waals surface area contributed by atoms with Crippen LogP contribution in [0.4, 0.5) is 0 Å². The third-order valence-electron chi connectivity index (χ3n) is 2.04. The molecule has 0 aliphatic heterocycles. The minimum Gasteiger partial charge on any atom is -0.478 e. The molecule has 16 heavy (non-hydrogen) atoms. The smallest absolute Gasteiger partial charge is 0.328 e. The number of hydrogen-bond donors (Lipinski definition) is 2. The number of hydrogen-bond acceptors (Lipinski definition) is 2. The van der Waals surface area contributed by atoms with Crippen molar-refractivity contribution < 1.29 is 14.7 Å². The first-order chi connectivity index (χ1) is 7.59. The lowest BCUT2D eigenvalue weighted by atomic mass is 10.1. The summed E-state index contributed by atoms with van der Waals surface area (Å²) >= 11 is 0. The first-order valence-corrected chi connectivity index (χ1v) is 4.86. The molecule has 0 aromatic heterocycles. The number of carbonyl (C=O) groups excluding carboxylic acids is 1. The Morgan fingerprint density at radius 2 is 1.88 bits per heavy atom. The quantitative estimate of drug-likeness (QED) is 0.754. The van der Waals surface area contributed by atoms with Gasteiger partial charge in [0.1, 0.15) is 0 Å². The molecule has 1 atom stereocenters. The molecule has 0 saturated carbocycles. The van der Waals surface area contributed by atoms with Crippen molar-refractivity contribution in [2.24, 2.45) is 0 Å². The van der Waals surface area contributed by atoms with Crippen LogP contribution in [0.25, 0.3) is 0 Å². The molecule has 0 aliphatic carbocycles. The van der Waals surface area contributed by atoms with Crippen LogP contribution in [0.5, 0.6) is 0 Å². The van der Waals surface area contributed by atoms with Gasteiger partial charge in [0, 0.05) is 12.2 Å². The van der Waals surface area contributed by atoms with Crippen molar-refractivity contribution in [3.63, 3.8) is 0 Å². The molecular formula is C12H13NO3. The fraction of sp³-hybridized carbons (Fsp3) is 0.167. The number of rotatable bonds is 4. The van der Waals surface area contributed by atoms with Crippen LogP contribution in [-0.2, 0) is 9.59 Å². The fourth-order valence-corrected chi connectivity index (χ4v) is 1.23. The second kappa shape index (κ2) is 5.70. The number of carboxylic acids is 1. The molecular weight excluding hydrogens is 206 g/mol. The van der Waals surface area contributed by atoms with Gasteiger partial charge in [-0.2, -0.15) is 0 Å². The summed E-state index contributed by atoms with van der Waals surface area (Å²) in [6.45, 7) is 1.84. The second-order valence-electron chi connectivity index (χ2n) is 3.31. The van der Waals surface area contributed by atoms with Crippen molar-refractivity contribution >= 4 is 11.9 Å². The van der Waals surface area contributed by atoms with Gasteiger partial charge in [-0.1, -0.05) is 30.3 Å². The standard InChI is InChI=1S/C12H13NO3/c1-9(10-5-3-2-4-6-10)13-11(14)7-8-12(15)16/h2-9H,1H3,(H,13,14)(H,15,16)/b8-7-/t9-/m0/s1. The molecule has 0 aliphatic rings. The molecule has 0 spiro atoms. The van der Waals surface area contributed by atoms with Gasteiger partial charge >= 0.3 is 5.97 Å². The third-order valence-corrected chi connectivity index (χ3v) is 2.04. The molecule has 1 aromatic rings. The highest BCUT2D eigenvalue weighted by molar-refractivity contribution is 5.94. The van der Waals surface area contributed by atoms with E-state index in [0.29, 0.717) is 0 Å². The summed E-state index contributed by atoms with van der Waals surface area (Å²) in [5.41, 5.74) is 0.972. The Morgan fingerprint density at radius 3 is 2.44 bits per heavy atom. The van der Waals surface area contributed by atoms with Gasteiger partial charge < -0.3 is 10.4 Å². The van der Waals surface area contributed by atoms with Gasteiger partial charge in [-0.3, -0.25) is 4.79 Å². The number of carboxylic acid groups (broad SMARTS) is 1. The second-order valence-corrected chi connectivity index (χ2v) is 3.31. The Hall–Kier alpha value is -2.10. The van der Waals surface area contributed by atoms with Crippen molar-refractivity contribution in [3.8, 4) is 0 Å². The minimum atomic E-state index is -1.14. The minimum absolute atomic E-state index is 0.146. The maximum atomic E-state index is 11.3. The summed E-state index contributed by atoms with van der Waals surface area (Å²) in [6.07, 6.45) is 1.81. The van der Waals surface area contributed by atoms with Crippen LogP contribution in [0.3, 0.4) is 0 Å². The highest BCUT2D eigenvalue weighted by Gasteiger charge is 2.06. The molecule has 1 aromatic carbocycles. The molecule has 4 nitrogen and oxygen atoms in total. The lowest BCUT2D eigenvalue weighted by Gasteiger charge is -2.12. The van der Waals surface area contributed by atoms with E-state index in [-0.39, 0.29) is 6.04 Å². The summed E-state index contributed by atoms with van der Waals surface area (Å²) < 4.78 is 0. The molecule has 0 fully saturated rings. The van der Waals surface area contributed by atoms with Crippen molar-refractivity contribution in [1.82, 2.24) is 5.32 Å². The lowest BCUT2D eigenvalue weighted by molar-refractivity contribution is -0.131. The normalized spacial score (nSPS) is 12.3. The summed E-state index contributed by atoms with van der Waals surface area (Å²) in [5, 5.41) is 11.0. The zero-order valence-corrected chi connectivity index (χ0v) is 8.88. The molecule has 4 heteroatoms. The summed E-state index contributed by atoms with van der Waals surface area (Å²) in [5.74, 6) is -1.55. The number of aliphatic carboxylic acids is 1. The molecule has 0 radical (unpaired) electrons. The average molecular weight is 219 g/mol. The Bertz CT molecular complexity index is 398. The summed E-state index contributed by atoms with van der Waals surface area (Å²) in [6, 6.07) is 9.29. The molecule has 0 bridgehead atoms. The van der Waals surface area contributed by atoms with Crippen molar-refractivity contribution in [2.45, 2.75) is 13.0 Å². The van der Waals surface area contributed by atoms with Gasteiger partial charge in [0.15, 0.2) is 0 Å². The Kier molecular flexibility index (Phi) is 4.27. The predicted molar refractivity (Wildman–Crippen MR) is 59.8 cm³/mol. The Labute approximate surface area is 93.6 Å². The molecule has 84 valence electrons. The molecule has 0 unspecified atom stereocenters. The maximum Gasteiger partial charge on any atom is 0.328 e. The van der Waals surface area contributed by atoms with Crippen LogP contribution in [0.1, 0.15) is 18.5 Å². The van der Waals surface area contributed by atoms with E-state index in [2.05, 4.69) is 5.32 Å². The summed E-state index contributed by atoms with van der Waals surface area (Å²) in [4.78, 5) is 21.5. The van der Waals surface area contributed by atoms with E-state index < -0.39 is 11.9 Å². The zero-order valence-electron chi connectivity index (χ0n) is 8.88.